The summed E-state index contributed by atoms with van der Waals surface area (Å²) in [7, 11) is 1.17. The SMILES string of the molecule is COC(=O)c1sc(NC(=O)c2nccnc2C(=O)O)c(C(N)=O)c1C. The van der Waals surface area contributed by atoms with Gasteiger partial charge in [0.15, 0.2) is 11.4 Å². The third-order valence-corrected chi connectivity index (χ3v) is 4.29. The average Bonchev–Trinajstić information content (AvgIpc) is 2.90. The van der Waals surface area contributed by atoms with Crippen LogP contribution in [-0.4, -0.2) is 45.9 Å². The van der Waals surface area contributed by atoms with Gasteiger partial charge in [-0.2, -0.15) is 0 Å². The number of carboxylic acid groups (broad SMARTS) is 1. The summed E-state index contributed by atoms with van der Waals surface area (Å²) in [6.07, 6.45) is 2.27. The maximum absolute atomic E-state index is 12.3. The fourth-order valence-electron chi connectivity index (χ4n) is 2.01. The highest BCUT2D eigenvalue weighted by molar-refractivity contribution is 7.18. The molecule has 0 saturated carbocycles. The number of amides is 2. The van der Waals surface area contributed by atoms with Gasteiger partial charge < -0.3 is 20.9 Å². The number of nitrogens with one attached hydrogen (secondary N) is 1. The lowest BCUT2D eigenvalue weighted by Gasteiger charge is -2.06. The van der Waals surface area contributed by atoms with E-state index < -0.39 is 35.1 Å². The first kappa shape index (κ1) is 18.0. The van der Waals surface area contributed by atoms with Crippen molar-refractivity contribution in [2.75, 3.05) is 12.4 Å². The van der Waals surface area contributed by atoms with E-state index in [1.54, 1.807) is 0 Å². The highest BCUT2D eigenvalue weighted by atomic mass is 32.1. The number of carboxylic acids is 1. The molecule has 0 aliphatic rings. The molecule has 25 heavy (non-hydrogen) atoms. The molecule has 0 bridgehead atoms. The Balaban J connectivity index is 2.47. The van der Waals surface area contributed by atoms with Crippen molar-refractivity contribution in [1.82, 2.24) is 9.97 Å². The number of anilines is 1. The van der Waals surface area contributed by atoms with Gasteiger partial charge in [-0.25, -0.2) is 19.6 Å². The van der Waals surface area contributed by atoms with Crippen molar-refractivity contribution in [3.05, 3.63) is 39.8 Å². The van der Waals surface area contributed by atoms with Gasteiger partial charge in [0.1, 0.15) is 9.88 Å². The van der Waals surface area contributed by atoms with Crippen LogP contribution >= 0.6 is 11.3 Å². The van der Waals surface area contributed by atoms with E-state index in [4.69, 9.17) is 10.8 Å². The molecule has 0 radical (unpaired) electrons. The van der Waals surface area contributed by atoms with Crippen LogP contribution in [0.15, 0.2) is 12.4 Å². The van der Waals surface area contributed by atoms with Crippen LogP contribution in [0.25, 0.3) is 0 Å². The van der Waals surface area contributed by atoms with E-state index >= 15 is 0 Å². The molecule has 130 valence electrons. The number of aromatic nitrogens is 2. The minimum absolute atomic E-state index is 0.0163. The molecule has 0 atom stereocenters. The molecule has 0 fully saturated rings. The first-order valence-corrected chi connectivity index (χ1v) is 7.46. The number of carbonyl (C=O) groups is 4. The largest absolute Gasteiger partial charge is 0.476 e. The van der Waals surface area contributed by atoms with E-state index in [2.05, 4.69) is 20.0 Å². The molecule has 10 nitrogen and oxygen atoms in total. The zero-order chi connectivity index (χ0) is 18.7. The summed E-state index contributed by atoms with van der Waals surface area (Å²) in [6.45, 7) is 1.48. The smallest absolute Gasteiger partial charge is 0.356 e. The number of thiophene rings is 1. The number of esters is 1. The van der Waals surface area contributed by atoms with Crippen molar-refractivity contribution in [3.8, 4) is 0 Å². The van der Waals surface area contributed by atoms with Gasteiger partial charge in [-0.05, 0) is 12.5 Å². The molecular formula is C14H12N4O6S. The van der Waals surface area contributed by atoms with Gasteiger partial charge in [-0.3, -0.25) is 9.59 Å². The Hall–Kier alpha value is -3.34. The van der Waals surface area contributed by atoms with Gasteiger partial charge in [0.2, 0.25) is 0 Å². The second-order valence-corrected chi connectivity index (χ2v) is 5.65. The first-order valence-electron chi connectivity index (χ1n) is 6.65. The summed E-state index contributed by atoms with van der Waals surface area (Å²) < 4.78 is 4.61. The van der Waals surface area contributed by atoms with Crippen molar-refractivity contribution in [3.63, 3.8) is 0 Å². The number of nitrogens with zero attached hydrogens (tertiary/aromatic N) is 2. The molecule has 0 aromatic carbocycles. The molecule has 11 heteroatoms. The van der Waals surface area contributed by atoms with Crippen LogP contribution < -0.4 is 11.1 Å². The number of hydrogen-bond donors (Lipinski definition) is 3. The van der Waals surface area contributed by atoms with Gasteiger partial charge in [-0.1, -0.05) is 0 Å². The molecule has 0 aliphatic carbocycles. The molecule has 0 unspecified atom stereocenters. The second-order valence-electron chi connectivity index (χ2n) is 4.63. The van der Waals surface area contributed by atoms with Crippen LogP contribution in [0.1, 0.15) is 46.6 Å². The monoisotopic (exact) mass is 364 g/mol. The molecule has 2 rings (SSSR count). The number of rotatable bonds is 5. The lowest BCUT2D eigenvalue weighted by molar-refractivity contribution is 0.0604. The van der Waals surface area contributed by atoms with Crippen molar-refractivity contribution in [1.29, 1.82) is 0 Å². The average molecular weight is 364 g/mol. The van der Waals surface area contributed by atoms with Crippen LogP contribution in [0.3, 0.4) is 0 Å². The van der Waals surface area contributed by atoms with E-state index in [0.717, 1.165) is 23.7 Å². The van der Waals surface area contributed by atoms with Crippen LogP contribution in [-0.2, 0) is 4.74 Å². The zero-order valence-corrected chi connectivity index (χ0v) is 13.8. The number of methoxy groups -OCH3 is 1. The van der Waals surface area contributed by atoms with Crippen LogP contribution in [0.2, 0.25) is 0 Å². The first-order chi connectivity index (χ1) is 11.8. The highest BCUT2D eigenvalue weighted by Crippen LogP contribution is 2.33. The number of aromatic carboxylic acids is 1. The fraction of sp³-hybridized carbons (Fsp3) is 0.143. The number of primary amides is 1. The molecule has 2 amide bonds. The van der Waals surface area contributed by atoms with Crippen LogP contribution in [0.5, 0.6) is 0 Å². The number of ether oxygens (including phenoxy) is 1. The maximum Gasteiger partial charge on any atom is 0.356 e. The number of nitrogens with two attached hydrogens (primary N) is 1. The van der Waals surface area contributed by atoms with Gasteiger partial charge in [0.25, 0.3) is 11.8 Å². The van der Waals surface area contributed by atoms with E-state index in [9.17, 15) is 19.2 Å². The molecule has 2 aromatic heterocycles. The standard InChI is InChI=1S/C14H12N4O6S/c1-5-6(10(15)19)12(25-9(5)14(23)24-2)18-11(20)7-8(13(21)22)17-4-3-16-7/h3-4H,1-2H3,(H2,15,19)(H,18,20)(H,21,22). The van der Waals surface area contributed by atoms with E-state index in [-0.39, 0.29) is 21.0 Å². The van der Waals surface area contributed by atoms with Crippen molar-refractivity contribution in [2.24, 2.45) is 5.73 Å². The predicted octanol–water partition coefficient (Wildman–Crippen LogP) is 0.683. The summed E-state index contributed by atoms with van der Waals surface area (Å²) >= 11 is 0.781. The molecule has 0 aliphatic heterocycles. The predicted molar refractivity (Wildman–Crippen MR) is 85.9 cm³/mol. The third-order valence-electron chi connectivity index (χ3n) is 3.11. The van der Waals surface area contributed by atoms with Gasteiger partial charge in [0.05, 0.1) is 12.7 Å². The highest BCUT2D eigenvalue weighted by Gasteiger charge is 2.27. The third kappa shape index (κ3) is 3.45. The second kappa shape index (κ2) is 7.05. The summed E-state index contributed by atoms with van der Waals surface area (Å²) in [5.41, 5.74) is 4.48. The fourth-order valence-corrected chi connectivity index (χ4v) is 3.13. The molecule has 4 N–H and O–H groups in total. The Bertz CT molecular complexity index is 891. The minimum atomic E-state index is -1.44. The van der Waals surface area contributed by atoms with Crippen LogP contribution in [0, 0.1) is 6.92 Å². The van der Waals surface area contributed by atoms with Gasteiger partial charge in [-0.15, -0.1) is 11.3 Å². The number of hydrogen-bond acceptors (Lipinski definition) is 8. The van der Waals surface area contributed by atoms with E-state index in [0.29, 0.717) is 0 Å². The molecule has 0 spiro atoms. The molecular weight excluding hydrogens is 352 g/mol. The van der Waals surface area contributed by atoms with Gasteiger partial charge in [0, 0.05) is 12.4 Å². The Morgan fingerprint density at radius 2 is 1.80 bits per heavy atom. The van der Waals surface area contributed by atoms with E-state index in [1.807, 2.05) is 0 Å². The van der Waals surface area contributed by atoms with Crippen molar-refractivity contribution in [2.45, 2.75) is 6.92 Å². The topological polar surface area (TPSA) is 162 Å². The minimum Gasteiger partial charge on any atom is -0.476 e. The summed E-state index contributed by atoms with van der Waals surface area (Å²) in [4.78, 5) is 54.2. The Kier molecular flexibility index (Phi) is 5.08. The Morgan fingerprint density at radius 3 is 2.32 bits per heavy atom. The maximum atomic E-state index is 12.3. The number of carbonyl (C=O) groups excluding carboxylic acids is 3. The molecule has 2 aromatic rings. The summed E-state index contributed by atoms with van der Waals surface area (Å²) in [5, 5.41) is 11.4. The lowest BCUT2D eigenvalue weighted by atomic mass is 10.1. The van der Waals surface area contributed by atoms with E-state index in [1.165, 1.54) is 14.0 Å². The lowest BCUT2D eigenvalue weighted by Crippen LogP contribution is -2.21. The van der Waals surface area contributed by atoms with Crippen molar-refractivity contribution >= 4 is 40.1 Å². The van der Waals surface area contributed by atoms with Crippen LogP contribution in [0.4, 0.5) is 5.00 Å². The quantitative estimate of drug-likeness (QED) is 0.652. The normalized spacial score (nSPS) is 10.2. The summed E-state index contributed by atoms with van der Waals surface area (Å²) in [5.74, 6) is -3.91. The summed E-state index contributed by atoms with van der Waals surface area (Å²) in [6, 6.07) is 0. The molecule has 0 saturated heterocycles. The Morgan fingerprint density at radius 1 is 1.20 bits per heavy atom. The molecule has 2 heterocycles. The van der Waals surface area contributed by atoms with Crippen molar-refractivity contribution < 1.29 is 29.0 Å². The zero-order valence-electron chi connectivity index (χ0n) is 13.0. The van der Waals surface area contributed by atoms with Gasteiger partial charge >= 0.3 is 11.9 Å². The Labute approximate surface area is 144 Å².